The van der Waals surface area contributed by atoms with Crippen LogP contribution in [-0.2, 0) is 0 Å². The van der Waals surface area contributed by atoms with Crippen LogP contribution in [0.3, 0.4) is 0 Å². The average Bonchev–Trinajstić information content (AvgIpc) is 2.62. The SMILES string of the molecule is CC(C)CCNc1cc(N2CCN(C)CC2)nc(-c2ccccc2)n1. The predicted molar refractivity (Wildman–Crippen MR) is 105 cm³/mol. The highest BCUT2D eigenvalue weighted by Crippen LogP contribution is 2.23. The monoisotopic (exact) mass is 339 g/mol. The van der Waals surface area contributed by atoms with Crippen LogP contribution in [0.1, 0.15) is 20.3 Å². The molecule has 1 aromatic heterocycles. The molecule has 5 heteroatoms. The molecule has 3 rings (SSSR count). The first-order valence-electron chi connectivity index (χ1n) is 9.23. The van der Waals surface area contributed by atoms with E-state index in [0.717, 1.165) is 62.2 Å². The second kappa shape index (κ2) is 8.30. The Bertz CT molecular complexity index is 663. The maximum Gasteiger partial charge on any atom is 0.163 e. The molecule has 1 saturated heterocycles. The van der Waals surface area contributed by atoms with Gasteiger partial charge in [-0.2, -0.15) is 0 Å². The zero-order chi connectivity index (χ0) is 17.6. The maximum absolute atomic E-state index is 4.85. The molecular formula is C20H29N5. The van der Waals surface area contributed by atoms with Crippen molar-refractivity contribution in [1.29, 1.82) is 0 Å². The minimum Gasteiger partial charge on any atom is -0.370 e. The fraction of sp³-hybridized carbons (Fsp3) is 0.500. The number of hydrogen-bond acceptors (Lipinski definition) is 5. The Hall–Kier alpha value is -2.14. The fourth-order valence-corrected chi connectivity index (χ4v) is 2.93. The van der Waals surface area contributed by atoms with Crippen molar-refractivity contribution in [2.24, 2.45) is 5.92 Å². The summed E-state index contributed by atoms with van der Waals surface area (Å²) < 4.78 is 0. The van der Waals surface area contributed by atoms with Gasteiger partial charge in [0.05, 0.1) is 0 Å². The maximum atomic E-state index is 4.85. The molecule has 5 nitrogen and oxygen atoms in total. The normalized spacial score (nSPS) is 15.6. The lowest BCUT2D eigenvalue weighted by molar-refractivity contribution is 0.312. The van der Waals surface area contributed by atoms with E-state index in [2.05, 4.69) is 54.2 Å². The number of rotatable bonds is 6. The van der Waals surface area contributed by atoms with Gasteiger partial charge in [-0.1, -0.05) is 44.2 Å². The Morgan fingerprint density at radius 3 is 2.44 bits per heavy atom. The molecule has 1 fully saturated rings. The van der Waals surface area contributed by atoms with Gasteiger partial charge in [-0.15, -0.1) is 0 Å². The summed E-state index contributed by atoms with van der Waals surface area (Å²) in [5, 5.41) is 3.49. The minimum atomic E-state index is 0.681. The van der Waals surface area contributed by atoms with E-state index in [4.69, 9.17) is 9.97 Å². The predicted octanol–water partition coefficient (Wildman–Crippen LogP) is 3.35. The van der Waals surface area contributed by atoms with Crippen LogP contribution >= 0.6 is 0 Å². The molecule has 1 aromatic carbocycles. The molecule has 2 aromatic rings. The molecular weight excluding hydrogens is 310 g/mol. The standard InChI is InChI=1S/C20H29N5/c1-16(2)9-10-21-18-15-19(25-13-11-24(3)12-14-25)23-20(22-18)17-7-5-4-6-8-17/h4-8,15-16H,9-14H2,1-3H3,(H,21,22,23). The lowest BCUT2D eigenvalue weighted by Gasteiger charge is -2.33. The van der Waals surface area contributed by atoms with Crippen molar-refractivity contribution in [2.45, 2.75) is 20.3 Å². The van der Waals surface area contributed by atoms with Gasteiger partial charge in [0.25, 0.3) is 0 Å². The van der Waals surface area contributed by atoms with Gasteiger partial charge in [-0.05, 0) is 19.4 Å². The summed E-state index contributed by atoms with van der Waals surface area (Å²) in [6.45, 7) is 9.58. The van der Waals surface area contributed by atoms with Gasteiger partial charge in [0.1, 0.15) is 11.6 Å². The van der Waals surface area contributed by atoms with Crippen molar-refractivity contribution in [2.75, 3.05) is 50.0 Å². The smallest absolute Gasteiger partial charge is 0.163 e. The largest absolute Gasteiger partial charge is 0.370 e. The lowest BCUT2D eigenvalue weighted by Crippen LogP contribution is -2.44. The summed E-state index contributed by atoms with van der Waals surface area (Å²) in [6, 6.07) is 12.3. The molecule has 2 heterocycles. The van der Waals surface area contributed by atoms with Crippen LogP contribution < -0.4 is 10.2 Å². The van der Waals surface area contributed by atoms with E-state index < -0.39 is 0 Å². The van der Waals surface area contributed by atoms with Gasteiger partial charge < -0.3 is 15.1 Å². The van der Waals surface area contributed by atoms with Gasteiger partial charge in [0.15, 0.2) is 5.82 Å². The second-order valence-corrected chi connectivity index (χ2v) is 7.20. The van der Waals surface area contributed by atoms with E-state index in [1.54, 1.807) is 0 Å². The molecule has 0 amide bonds. The number of piperazine rings is 1. The third-order valence-electron chi connectivity index (χ3n) is 4.60. The van der Waals surface area contributed by atoms with Crippen molar-refractivity contribution in [3.63, 3.8) is 0 Å². The van der Waals surface area contributed by atoms with Gasteiger partial charge >= 0.3 is 0 Å². The van der Waals surface area contributed by atoms with Gasteiger partial charge in [-0.3, -0.25) is 0 Å². The Labute approximate surface area is 151 Å². The third kappa shape index (κ3) is 4.92. The van der Waals surface area contributed by atoms with Gasteiger partial charge in [0, 0.05) is 44.4 Å². The highest BCUT2D eigenvalue weighted by molar-refractivity contribution is 5.61. The zero-order valence-corrected chi connectivity index (χ0v) is 15.6. The third-order valence-corrected chi connectivity index (χ3v) is 4.60. The van der Waals surface area contributed by atoms with E-state index in [1.165, 1.54) is 0 Å². The van der Waals surface area contributed by atoms with Crippen LogP contribution in [0.4, 0.5) is 11.6 Å². The summed E-state index contributed by atoms with van der Waals surface area (Å²) >= 11 is 0. The van der Waals surface area contributed by atoms with Crippen LogP contribution in [-0.4, -0.2) is 54.6 Å². The van der Waals surface area contributed by atoms with Gasteiger partial charge in [-0.25, -0.2) is 9.97 Å². The van der Waals surface area contributed by atoms with E-state index in [0.29, 0.717) is 5.92 Å². The summed E-state index contributed by atoms with van der Waals surface area (Å²) in [5.74, 6) is 3.42. The number of hydrogen-bond donors (Lipinski definition) is 1. The Morgan fingerprint density at radius 2 is 1.76 bits per heavy atom. The molecule has 0 spiro atoms. The molecule has 0 radical (unpaired) electrons. The number of nitrogens with one attached hydrogen (secondary N) is 1. The van der Waals surface area contributed by atoms with Crippen LogP contribution in [0.5, 0.6) is 0 Å². The van der Waals surface area contributed by atoms with E-state index in [-0.39, 0.29) is 0 Å². The first-order chi connectivity index (χ1) is 12.1. The average molecular weight is 339 g/mol. The quantitative estimate of drug-likeness (QED) is 0.874. The Kier molecular flexibility index (Phi) is 5.87. The summed E-state index contributed by atoms with van der Waals surface area (Å²) in [5.41, 5.74) is 1.06. The number of benzene rings is 1. The van der Waals surface area contributed by atoms with Crippen molar-refractivity contribution in [1.82, 2.24) is 14.9 Å². The van der Waals surface area contributed by atoms with Crippen molar-refractivity contribution in [3.8, 4) is 11.4 Å². The molecule has 0 atom stereocenters. The fourth-order valence-electron chi connectivity index (χ4n) is 2.93. The van der Waals surface area contributed by atoms with Crippen molar-refractivity contribution in [3.05, 3.63) is 36.4 Å². The summed E-state index contributed by atoms with van der Waals surface area (Å²) in [6.07, 6.45) is 1.13. The van der Waals surface area contributed by atoms with Crippen molar-refractivity contribution < 1.29 is 0 Å². The Morgan fingerprint density at radius 1 is 1.04 bits per heavy atom. The first-order valence-corrected chi connectivity index (χ1v) is 9.23. The highest BCUT2D eigenvalue weighted by atomic mass is 15.3. The number of likely N-dealkylation sites (N-methyl/N-ethyl adjacent to an activating group) is 1. The van der Waals surface area contributed by atoms with Gasteiger partial charge in [0.2, 0.25) is 0 Å². The zero-order valence-electron chi connectivity index (χ0n) is 15.6. The molecule has 25 heavy (non-hydrogen) atoms. The Balaban J connectivity index is 1.85. The van der Waals surface area contributed by atoms with Crippen LogP contribution in [0.15, 0.2) is 36.4 Å². The molecule has 0 unspecified atom stereocenters. The van der Waals surface area contributed by atoms with Crippen molar-refractivity contribution >= 4 is 11.6 Å². The first kappa shape index (κ1) is 17.7. The molecule has 1 aliphatic rings. The van der Waals surface area contributed by atoms with Crippen LogP contribution in [0.25, 0.3) is 11.4 Å². The highest BCUT2D eigenvalue weighted by Gasteiger charge is 2.17. The molecule has 134 valence electrons. The van der Waals surface area contributed by atoms with E-state index in [1.807, 2.05) is 18.2 Å². The summed E-state index contributed by atoms with van der Waals surface area (Å²) in [7, 11) is 2.17. The lowest BCUT2D eigenvalue weighted by atomic mass is 10.1. The number of aromatic nitrogens is 2. The number of anilines is 2. The number of nitrogens with zero attached hydrogens (tertiary/aromatic N) is 4. The molecule has 0 aliphatic carbocycles. The second-order valence-electron chi connectivity index (χ2n) is 7.20. The van der Waals surface area contributed by atoms with Crippen LogP contribution in [0.2, 0.25) is 0 Å². The molecule has 0 saturated carbocycles. The van der Waals surface area contributed by atoms with E-state index in [9.17, 15) is 0 Å². The topological polar surface area (TPSA) is 44.3 Å². The molecule has 1 N–H and O–H groups in total. The van der Waals surface area contributed by atoms with E-state index >= 15 is 0 Å². The molecule has 1 aliphatic heterocycles. The summed E-state index contributed by atoms with van der Waals surface area (Å²) in [4.78, 5) is 14.3. The van der Waals surface area contributed by atoms with Crippen LogP contribution in [0, 0.1) is 5.92 Å². The molecule has 0 bridgehead atoms. The minimum absolute atomic E-state index is 0.681.